The Morgan fingerprint density at radius 3 is 2.30 bits per heavy atom. The maximum atomic E-state index is 13.4. The molecule has 0 aliphatic carbocycles. The minimum Gasteiger partial charge on any atom is -0.494 e. The number of nitrogens with one attached hydrogen (secondary N) is 1. The minimum absolute atomic E-state index is 0.118. The van der Waals surface area contributed by atoms with Crippen LogP contribution in [0.4, 0.5) is 5.69 Å². The van der Waals surface area contributed by atoms with E-state index in [1.807, 2.05) is 13.2 Å². The summed E-state index contributed by atoms with van der Waals surface area (Å²) < 4.78 is 38.3. The van der Waals surface area contributed by atoms with Crippen molar-refractivity contribution in [3.8, 4) is 5.75 Å². The highest BCUT2D eigenvalue weighted by atomic mass is 32.2. The fourth-order valence-corrected chi connectivity index (χ4v) is 4.64. The van der Waals surface area contributed by atoms with E-state index < -0.39 is 15.9 Å². The number of carbonyl (C=O) groups excluding carboxylic acids is 1. The highest BCUT2D eigenvalue weighted by Gasteiger charge is 2.27. The van der Waals surface area contributed by atoms with Crippen LogP contribution in [0.1, 0.15) is 13.8 Å². The molecule has 164 valence electrons. The van der Waals surface area contributed by atoms with E-state index in [2.05, 4.69) is 5.32 Å². The van der Waals surface area contributed by atoms with Crippen molar-refractivity contribution in [1.29, 1.82) is 0 Å². The summed E-state index contributed by atoms with van der Waals surface area (Å²) in [4.78, 5) is 13.6. The van der Waals surface area contributed by atoms with Crippen molar-refractivity contribution in [2.45, 2.75) is 29.7 Å². The Kier molecular flexibility index (Phi) is 9.01. The largest absolute Gasteiger partial charge is 0.494 e. The van der Waals surface area contributed by atoms with E-state index in [-0.39, 0.29) is 17.5 Å². The lowest BCUT2D eigenvalue weighted by Crippen LogP contribution is -2.44. The van der Waals surface area contributed by atoms with E-state index in [4.69, 9.17) is 9.47 Å². The van der Waals surface area contributed by atoms with Crippen molar-refractivity contribution in [2.24, 2.45) is 0 Å². The van der Waals surface area contributed by atoms with Gasteiger partial charge in [0, 0.05) is 18.0 Å². The highest BCUT2D eigenvalue weighted by Crippen LogP contribution is 2.27. The fourth-order valence-electron chi connectivity index (χ4n) is 2.81. The van der Waals surface area contributed by atoms with E-state index in [1.165, 1.54) is 18.9 Å². The summed E-state index contributed by atoms with van der Waals surface area (Å²) in [5, 5.41) is 2.76. The summed E-state index contributed by atoms with van der Waals surface area (Å²) in [5.74, 6) is 0.207. The number of methoxy groups -OCH3 is 1. The van der Waals surface area contributed by atoms with Gasteiger partial charge in [-0.25, -0.2) is 8.42 Å². The standard InChI is InChI=1S/C21H28N2O5S2/c1-5-28-18-8-6-17(7-9-18)23(14-21(24)22-16(2)15-27-3)30(25,26)20-12-10-19(29-4)11-13-20/h6-13,16H,5,14-15H2,1-4H3,(H,22,24)/t16-/m1/s1. The molecule has 2 aromatic rings. The zero-order valence-electron chi connectivity index (χ0n) is 17.6. The van der Waals surface area contributed by atoms with E-state index in [1.54, 1.807) is 55.5 Å². The van der Waals surface area contributed by atoms with Crippen molar-refractivity contribution in [3.63, 3.8) is 0 Å². The number of hydrogen-bond acceptors (Lipinski definition) is 6. The molecule has 0 aliphatic heterocycles. The summed E-state index contributed by atoms with van der Waals surface area (Å²) in [6, 6.07) is 13.0. The number of rotatable bonds is 11. The number of sulfonamides is 1. The Bertz CT molecular complexity index is 915. The molecule has 2 rings (SSSR count). The van der Waals surface area contributed by atoms with E-state index in [0.717, 1.165) is 9.20 Å². The van der Waals surface area contributed by atoms with E-state index >= 15 is 0 Å². The number of benzene rings is 2. The van der Waals surface area contributed by atoms with Gasteiger partial charge in [0.25, 0.3) is 10.0 Å². The zero-order valence-corrected chi connectivity index (χ0v) is 19.3. The van der Waals surface area contributed by atoms with E-state index in [0.29, 0.717) is 24.7 Å². The van der Waals surface area contributed by atoms with Gasteiger partial charge in [-0.15, -0.1) is 11.8 Å². The van der Waals surface area contributed by atoms with Gasteiger partial charge >= 0.3 is 0 Å². The molecule has 0 unspecified atom stereocenters. The van der Waals surface area contributed by atoms with Crippen LogP contribution in [0.25, 0.3) is 0 Å². The van der Waals surface area contributed by atoms with Crippen LogP contribution >= 0.6 is 11.8 Å². The number of hydrogen-bond donors (Lipinski definition) is 1. The maximum absolute atomic E-state index is 13.4. The molecule has 0 saturated carbocycles. The zero-order chi connectivity index (χ0) is 22.1. The van der Waals surface area contributed by atoms with Gasteiger partial charge in [0.1, 0.15) is 12.3 Å². The molecule has 0 bridgehead atoms. The molecule has 9 heteroatoms. The maximum Gasteiger partial charge on any atom is 0.264 e. The Hall–Kier alpha value is -2.23. The number of amides is 1. The van der Waals surface area contributed by atoms with Crippen LogP contribution in [0.5, 0.6) is 5.75 Å². The number of anilines is 1. The van der Waals surface area contributed by atoms with Crippen LogP contribution in [-0.2, 0) is 19.6 Å². The molecule has 0 heterocycles. The Morgan fingerprint density at radius 1 is 1.13 bits per heavy atom. The van der Waals surface area contributed by atoms with Crippen molar-refractivity contribution in [2.75, 3.05) is 37.4 Å². The first kappa shape index (κ1) is 24.0. The van der Waals surface area contributed by atoms with E-state index in [9.17, 15) is 13.2 Å². The first-order chi connectivity index (χ1) is 14.3. The van der Waals surface area contributed by atoms with Crippen LogP contribution in [-0.4, -0.2) is 53.5 Å². The third-order valence-corrected chi connectivity index (χ3v) is 6.73. The number of nitrogens with zero attached hydrogens (tertiary/aromatic N) is 1. The Morgan fingerprint density at radius 2 is 1.77 bits per heavy atom. The van der Waals surface area contributed by atoms with Crippen molar-refractivity contribution in [3.05, 3.63) is 48.5 Å². The first-order valence-electron chi connectivity index (χ1n) is 9.49. The van der Waals surface area contributed by atoms with Crippen molar-refractivity contribution >= 4 is 33.4 Å². The van der Waals surface area contributed by atoms with Gasteiger partial charge in [0.2, 0.25) is 5.91 Å². The second-order valence-electron chi connectivity index (χ2n) is 6.54. The SMILES string of the molecule is CCOc1ccc(N(CC(=O)N[C@H](C)COC)S(=O)(=O)c2ccc(SC)cc2)cc1. The molecule has 0 aromatic heterocycles. The van der Waals surface area contributed by atoms with Gasteiger partial charge in [0.15, 0.2) is 0 Å². The molecule has 2 aromatic carbocycles. The van der Waals surface area contributed by atoms with Crippen LogP contribution in [0.15, 0.2) is 58.3 Å². The second-order valence-corrected chi connectivity index (χ2v) is 9.28. The topological polar surface area (TPSA) is 84.9 Å². The molecule has 0 fully saturated rings. The molecular formula is C21H28N2O5S2. The van der Waals surface area contributed by atoms with Crippen LogP contribution in [0.2, 0.25) is 0 Å². The molecule has 0 spiro atoms. The second kappa shape index (κ2) is 11.2. The third-order valence-electron chi connectivity index (χ3n) is 4.19. The third kappa shape index (κ3) is 6.38. The molecular weight excluding hydrogens is 424 g/mol. The van der Waals surface area contributed by atoms with Gasteiger partial charge in [-0.05, 0) is 68.6 Å². The normalized spacial score (nSPS) is 12.3. The van der Waals surface area contributed by atoms with Crippen LogP contribution < -0.4 is 14.4 Å². The van der Waals surface area contributed by atoms with Gasteiger partial charge in [-0.1, -0.05) is 0 Å². The Labute approximate surface area is 182 Å². The quantitative estimate of drug-likeness (QED) is 0.527. The van der Waals surface area contributed by atoms with Gasteiger partial charge < -0.3 is 14.8 Å². The first-order valence-corrected chi connectivity index (χ1v) is 12.2. The molecule has 0 saturated heterocycles. The highest BCUT2D eigenvalue weighted by molar-refractivity contribution is 7.98. The summed E-state index contributed by atoms with van der Waals surface area (Å²) in [6.45, 7) is 4.14. The van der Waals surface area contributed by atoms with Gasteiger partial charge in [-0.2, -0.15) is 0 Å². The summed E-state index contributed by atoms with van der Waals surface area (Å²) in [5.41, 5.74) is 0.377. The number of thioether (sulfide) groups is 1. The Balaban J connectivity index is 2.37. The molecule has 0 aliphatic rings. The van der Waals surface area contributed by atoms with Crippen LogP contribution in [0, 0.1) is 0 Å². The lowest BCUT2D eigenvalue weighted by molar-refractivity contribution is -0.120. The average molecular weight is 453 g/mol. The van der Waals surface area contributed by atoms with Gasteiger partial charge in [0.05, 0.1) is 23.8 Å². The van der Waals surface area contributed by atoms with Crippen LogP contribution in [0.3, 0.4) is 0 Å². The molecule has 1 atom stereocenters. The molecule has 30 heavy (non-hydrogen) atoms. The predicted octanol–water partition coefficient (Wildman–Crippen LogP) is 3.15. The number of ether oxygens (including phenoxy) is 2. The smallest absolute Gasteiger partial charge is 0.264 e. The summed E-state index contributed by atoms with van der Waals surface area (Å²) in [6.07, 6.45) is 1.92. The minimum atomic E-state index is -3.96. The van der Waals surface area contributed by atoms with Gasteiger partial charge in [-0.3, -0.25) is 9.10 Å². The fraction of sp³-hybridized carbons (Fsp3) is 0.381. The molecule has 0 radical (unpaired) electrons. The molecule has 7 nitrogen and oxygen atoms in total. The lowest BCUT2D eigenvalue weighted by Gasteiger charge is -2.25. The lowest BCUT2D eigenvalue weighted by atomic mass is 10.3. The molecule has 1 amide bonds. The predicted molar refractivity (Wildman–Crippen MR) is 120 cm³/mol. The van der Waals surface area contributed by atoms with Crippen molar-refractivity contribution in [1.82, 2.24) is 5.32 Å². The van der Waals surface area contributed by atoms with Crippen molar-refractivity contribution < 1.29 is 22.7 Å². The monoisotopic (exact) mass is 452 g/mol. The summed E-state index contributed by atoms with van der Waals surface area (Å²) >= 11 is 1.52. The average Bonchev–Trinajstić information content (AvgIpc) is 2.73. The number of carbonyl (C=O) groups is 1. The summed E-state index contributed by atoms with van der Waals surface area (Å²) in [7, 11) is -2.42. The molecule has 1 N–H and O–H groups in total.